The summed E-state index contributed by atoms with van der Waals surface area (Å²) in [6.45, 7) is 4.05. The van der Waals surface area contributed by atoms with Crippen LogP contribution in [-0.4, -0.2) is 13.1 Å². The van der Waals surface area contributed by atoms with Gasteiger partial charge in [0.2, 0.25) is 0 Å². The number of ether oxygens (including phenoxy) is 1. The van der Waals surface area contributed by atoms with Crippen LogP contribution < -0.4 is 15.4 Å². The zero-order valence-corrected chi connectivity index (χ0v) is 13.2. The van der Waals surface area contributed by atoms with E-state index in [1.54, 1.807) is 7.11 Å². The van der Waals surface area contributed by atoms with Gasteiger partial charge in [-0.15, -0.1) is 0 Å². The first-order valence-corrected chi connectivity index (χ1v) is 7.41. The maximum atomic E-state index is 12.1. The molecule has 2 rings (SSSR count). The predicted octanol–water partition coefficient (Wildman–Crippen LogP) is 4.28. The number of anilines is 1. The summed E-state index contributed by atoms with van der Waals surface area (Å²) < 4.78 is 5.27. The molecule has 2 aromatic carbocycles. The largest absolute Gasteiger partial charge is 0.496 e. The second-order valence-corrected chi connectivity index (χ2v) is 5.15. The molecule has 0 aliphatic carbocycles. The average molecular weight is 298 g/mol. The molecule has 0 radical (unpaired) electrons. The SMILES string of the molecule is CCC(NC(=O)Nc1ccccc1)c1ccc(OC)c(C)c1. The topological polar surface area (TPSA) is 50.4 Å². The first-order chi connectivity index (χ1) is 10.6. The van der Waals surface area contributed by atoms with Gasteiger partial charge in [-0.05, 0) is 42.7 Å². The van der Waals surface area contributed by atoms with E-state index in [1.807, 2.05) is 56.3 Å². The highest BCUT2D eigenvalue weighted by Crippen LogP contribution is 2.24. The lowest BCUT2D eigenvalue weighted by molar-refractivity contribution is 0.248. The lowest BCUT2D eigenvalue weighted by Crippen LogP contribution is -2.32. The van der Waals surface area contributed by atoms with Crippen LogP contribution in [0.1, 0.15) is 30.5 Å². The van der Waals surface area contributed by atoms with Crippen LogP contribution in [0.3, 0.4) is 0 Å². The summed E-state index contributed by atoms with van der Waals surface area (Å²) >= 11 is 0. The quantitative estimate of drug-likeness (QED) is 0.865. The predicted molar refractivity (Wildman–Crippen MR) is 89.4 cm³/mol. The van der Waals surface area contributed by atoms with E-state index >= 15 is 0 Å². The first-order valence-electron chi connectivity index (χ1n) is 7.41. The van der Waals surface area contributed by atoms with Crippen molar-refractivity contribution in [3.63, 3.8) is 0 Å². The molecule has 0 bridgehead atoms. The molecule has 116 valence electrons. The number of hydrogen-bond acceptors (Lipinski definition) is 2. The molecule has 0 saturated carbocycles. The van der Waals surface area contributed by atoms with Crippen LogP contribution in [0.4, 0.5) is 10.5 Å². The summed E-state index contributed by atoms with van der Waals surface area (Å²) in [5.74, 6) is 0.854. The normalized spacial score (nSPS) is 11.6. The van der Waals surface area contributed by atoms with Crippen LogP contribution in [0, 0.1) is 6.92 Å². The number of urea groups is 1. The van der Waals surface area contributed by atoms with Gasteiger partial charge in [0.1, 0.15) is 5.75 Å². The summed E-state index contributed by atoms with van der Waals surface area (Å²) in [4.78, 5) is 12.1. The van der Waals surface area contributed by atoms with Crippen LogP contribution in [-0.2, 0) is 0 Å². The van der Waals surface area contributed by atoms with Gasteiger partial charge in [-0.25, -0.2) is 4.79 Å². The number of carbonyl (C=O) groups excluding carboxylic acids is 1. The Kier molecular flexibility index (Phi) is 5.42. The van der Waals surface area contributed by atoms with Gasteiger partial charge in [0.05, 0.1) is 13.2 Å². The van der Waals surface area contributed by atoms with Crippen molar-refractivity contribution in [1.82, 2.24) is 5.32 Å². The standard InChI is InChI=1S/C18H22N2O2/c1-4-16(14-10-11-17(22-3)13(2)12-14)20-18(21)19-15-8-6-5-7-9-15/h5-12,16H,4H2,1-3H3,(H2,19,20,21). The van der Waals surface area contributed by atoms with E-state index in [0.717, 1.165) is 29.0 Å². The molecule has 0 heterocycles. The summed E-state index contributed by atoms with van der Waals surface area (Å²) in [5, 5.41) is 5.84. The third-order valence-electron chi connectivity index (χ3n) is 3.57. The Morgan fingerprint density at radius 1 is 1.18 bits per heavy atom. The Morgan fingerprint density at radius 2 is 1.91 bits per heavy atom. The van der Waals surface area contributed by atoms with Crippen molar-refractivity contribution in [2.45, 2.75) is 26.3 Å². The van der Waals surface area contributed by atoms with Crippen molar-refractivity contribution >= 4 is 11.7 Å². The zero-order chi connectivity index (χ0) is 15.9. The highest BCUT2D eigenvalue weighted by atomic mass is 16.5. The molecule has 0 spiro atoms. The number of carbonyl (C=O) groups is 1. The monoisotopic (exact) mass is 298 g/mol. The lowest BCUT2D eigenvalue weighted by Gasteiger charge is -2.19. The third-order valence-corrected chi connectivity index (χ3v) is 3.57. The van der Waals surface area contributed by atoms with Gasteiger partial charge in [0, 0.05) is 5.69 Å². The van der Waals surface area contributed by atoms with Crippen LogP contribution in [0.2, 0.25) is 0 Å². The molecule has 2 amide bonds. The molecule has 4 nitrogen and oxygen atoms in total. The smallest absolute Gasteiger partial charge is 0.319 e. The van der Waals surface area contributed by atoms with Crippen molar-refractivity contribution < 1.29 is 9.53 Å². The Morgan fingerprint density at radius 3 is 2.50 bits per heavy atom. The molecule has 1 atom stereocenters. The highest BCUT2D eigenvalue weighted by Gasteiger charge is 2.14. The molecule has 1 unspecified atom stereocenters. The Balaban J connectivity index is 2.05. The number of methoxy groups -OCH3 is 1. The number of nitrogens with one attached hydrogen (secondary N) is 2. The number of rotatable bonds is 5. The van der Waals surface area contributed by atoms with E-state index in [0.29, 0.717) is 0 Å². The van der Waals surface area contributed by atoms with Crippen LogP contribution in [0.5, 0.6) is 5.75 Å². The van der Waals surface area contributed by atoms with Crippen molar-refractivity contribution in [1.29, 1.82) is 0 Å². The summed E-state index contributed by atoms with van der Waals surface area (Å²) in [5.41, 5.74) is 2.91. The van der Waals surface area contributed by atoms with Crippen LogP contribution in [0.25, 0.3) is 0 Å². The molecule has 0 aromatic heterocycles. The lowest BCUT2D eigenvalue weighted by atomic mass is 10.0. The van der Waals surface area contributed by atoms with Gasteiger partial charge in [-0.1, -0.05) is 37.3 Å². The van der Waals surface area contributed by atoms with Crippen LogP contribution >= 0.6 is 0 Å². The maximum absolute atomic E-state index is 12.1. The first kappa shape index (κ1) is 15.9. The number of para-hydroxylation sites is 1. The van der Waals surface area contributed by atoms with E-state index in [4.69, 9.17) is 4.74 Å². The van der Waals surface area contributed by atoms with E-state index in [2.05, 4.69) is 16.7 Å². The number of amides is 2. The third kappa shape index (κ3) is 4.01. The number of hydrogen-bond donors (Lipinski definition) is 2. The molecule has 4 heteroatoms. The Labute approximate surface area is 131 Å². The van der Waals surface area contributed by atoms with Gasteiger partial charge >= 0.3 is 6.03 Å². The van der Waals surface area contributed by atoms with Gasteiger partial charge in [0.15, 0.2) is 0 Å². The summed E-state index contributed by atoms with van der Waals surface area (Å²) in [6, 6.07) is 15.1. The van der Waals surface area contributed by atoms with Crippen LogP contribution in [0.15, 0.2) is 48.5 Å². The molecular formula is C18H22N2O2. The minimum atomic E-state index is -0.202. The summed E-state index contributed by atoms with van der Waals surface area (Å²) in [6.07, 6.45) is 0.813. The van der Waals surface area contributed by atoms with Crippen molar-refractivity contribution in [2.75, 3.05) is 12.4 Å². The Bertz CT molecular complexity index is 626. The fourth-order valence-corrected chi connectivity index (χ4v) is 2.39. The minimum absolute atomic E-state index is 0.0340. The van der Waals surface area contributed by atoms with Gasteiger partial charge in [-0.2, -0.15) is 0 Å². The second kappa shape index (κ2) is 7.50. The van der Waals surface area contributed by atoms with Crippen molar-refractivity contribution in [3.8, 4) is 5.75 Å². The van der Waals surface area contributed by atoms with Crippen molar-refractivity contribution in [2.24, 2.45) is 0 Å². The molecule has 0 saturated heterocycles. The fourth-order valence-electron chi connectivity index (χ4n) is 2.39. The molecule has 0 aliphatic heterocycles. The van der Waals surface area contributed by atoms with Gasteiger partial charge in [0.25, 0.3) is 0 Å². The van der Waals surface area contributed by atoms with E-state index < -0.39 is 0 Å². The molecule has 0 aliphatic rings. The Hall–Kier alpha value is -2.49. The van der Waals surface area contributed by atoms with Crippen molar-refractivity contribution in [3.05, 3.63) is 59.7 Å². The minimum Gasteiger partial charge on any atom is -0.496 e. The van der Waals surface area contributed by atoms with E-state index in [-0.39, 0.29) is 12.1 Å². The average Bonchev–Trinajstić information content (AvgIpc) is 2.53. The second-order valence-electron chi connectivity index (χ2n) is 5.15. The van der Waals surface area contributed by atoms with Gasteiger partial charge < -0.3 is 15.4 Å². The summed E-state index contributed by atoms with van der Waals surface area (Å²) in [7, 11) is 1.66. The maximum Gasteiger partial charge on any atom is 0.319 e. The molecule has 2 aromatic rings. The molecular weight excluding hydrogens is 276 g/mol. The zero-order valence-electron chi connectivity index (χ0n) is 13.2. The molecule has 22 heavy (non-hydrogen) atoms. The van der Waals surface area contributed by atoms with E-state index in [1.165, 1.54) is 0 Å². The molecule has 0 fully saturated rings. The highest BCUT2D eigenvalue weighted by molar-refractivity contribution is 5.89. The fraction of sp³-hybridized carbons (Fsp3) is 0.278. The number of aryl methyl sites for hydroxylation is 1. The number of benzene rings is 2. The molecule has 2 N–H and O–H groups in total. The van der Waals surface area contributed by atoms with Gasteiger partial charge in [-0.3, -0.25) is 0 Å². The van der Waals surface area contributed by atoms with E-state index in [9.17, 15) is 4.79 Å².